The van der Waals surface area contributed by atoms with Crippen LogP contribution in [0.5, 0.6) is 0 Å². The number of aliphatic carboxylic acids is 1. The topological polar surface area (TPSA) is 98.3 Å². The Morgan fingerprint density at radius 2 is 2.43 bits per heavy atom. The molecule has 0 radical (unpaired) electrons. The summed E-state index contributed by atoms with van der Waals surface area (Å²) in [7, 11) is 0. The van der Waals surface area contributed by atoms with Crippen molar-refractivity contribution < 1.29 is 14.7 Å². The number of aromatic nitrogens is 2. The van der Waals surface area contributed by atoms with Crippen molar-refractivity contribution in [3.05, 3.63) is 18.2 Å². The van der Waals surface area contributed by atoms with Gasteiger partial charge in [0.2, 0.25) is 0 Å². The zero-order valence-corrected chi connectivity index (χ0v) is 12.7. The summed E-state index contributed by atoms with van der Waals surface area (Å²) >= 11 is 1.54. The van der Waals surface area contributed by atoms with Gasteiger partial charge in [0.25, 0.3) is 0 Å². The number of hydrogen-bond donors (Lipinski definition) is 3. The van der Waals surface area contributed by atoms with E-state index in [1.807, 2.05) is 6.92 Å². The number of amides is 2. The van der Waals surface area contributed by atoms with E-state index in [4.69, 9.17) is 0 Å². The van der Waals surface area contributed by atoms with Crippen LogP contribution < -0.4 is 5.32 Å². The van der Waals surface area contributed by atoms with Crippen molar-refractivity contribution >= 4 is 23.8 Å². The van der Waals surface area contributed by atoms with Gasteiger partial charge >= 0.3 is 12.0 Å². The minimum absolute atomic E-state index is 0.0558. The number of nitrogens with zero attached hydrogens (tertiary/aromatic N) is 2. The minimum Gasteiger partial charge on any atom is -0.480 e. The van der Waals surface area contributed by atoms with Crippen LogP contribution in [-0.4, -0.2) is 55.7 Å². The van der Waals surface area contributed by atoms with Gasteiger partial charge in [-0.2, -0.15) is 0 Å². The molecule has 1 saturated heterocycles. The van der Waals surface area contributed by atoms with Crippen LogP contribution in [0.15, 0.2) is 12.4 Å². The lowest BCUT2D eigenvalue weighted by atomic mass is 10.2. The summed E-state index contributed by atoms with van der Waals surface area (Å²) in [4.78, 5) is 32.1. The highest BCUT2D eigenvalue weighted by molar-refractivity contribution is 8.00. The maximum Gasteiger partial charge on any atom is 0.327 e. The Labute approximate surface area is 127 Å². The van der Waals surface area contributed by atoms with E-state index in [9.17, 15) is 14.7 Å². The van der Waals surface area contributed by atoms with Crippen LogP contribution in [0, 0.1) is 0 Å². The maximum atomic E-state index is 12.3. The van der Waals surface area contributed by atoms with Gasteiger partial charge in [-0.1, -0.05) is 13.3 Å². The Morgan fingerprint density at radius 3 is 3.05 bits per heavy atom. The molecule has 2 unspecified atom stereocenters. The van der Waals surface area contributed by atoms with E-state index in [1.54, 1.807) is 12.4 Å². The molecule has 0 aliphatic carbocycles. The molecule has 1 fully saturated rings. The zero-order chi connectivity index (χ0) is 15.2. The van der Waals surface area contributed by atoms with Gasteiger partial charge < -0.3 is 15.4 Å². The van der Waals surface area contributed by atoms with E-state index in [0.717, 1.165) is 18.7 Å². The Morgan fingerprint density at radius 1 is 1.62 bits per heavy atom. The fourth-order valence-electron chi connectivity index (χ4n) is 2.31. The Hall–Kier alpha value is -1.70. The third-order valence-electron chi connectivity index (χ3n) is 3.34. The summed E-state index contributed by atoms with van der Waals surface area (Å²) in [6.45, 7) is 2.46. The number of urea groups is 1. The molecular weight excluding hydrogens is 292 g/mol. The summed E-state index contributed by atoms with van der Waals surface area (Å²) in [5, 5.41) is 12.0. The van der Waals surface area contributed by atoms with E-state index in [-0.39, 0.29) is 11.4 Å². The molecule has 2 heterocycles. The largest absolute Gasteiger partial charge is 0.480 e. The molecule has 0 aromatic carbocycles. The Kier molecular flexibility index (Phi) is 5.49. The fraction of sp³-hybridized carbons (Fsp3) is 0.615. The van der Waals surface area contributed by atoms with Crippen molar-refractivity contribution in [2.24, 2.45) is 0 Å². The number of carboxylic acid groups (broad SMARTS) is 1. The van der Waals surface area contributed by atoms with Crippen molar-refractivity contribution in [1.82, 2.24) is 20.2 Å². The number of nitrogens with one attached hydrogen (secondary N) is 2. The third-order valence-corrected chi connectivity index (χ3v) is 4.70. The average Bonchev–Trinajstić information content (AvgIpc) is 3.08. The van der Waals surface area contributed by atoms with Gasteiger partial charge in [-0.15, -0.1) is 11.8 Å². The summed E-state index contributed by atoms with van der Waals surface area (Å²) in [6.07, 6.45) is 5.70. The van der Waals surface area contributed by atoms with Crippen molar-refractivity contribution in [1.29, 1.82) is 0 Å². The van der Waals surface area contributed by atoms with Crippen molar-refractivity contribution in [2.45, 2.75) is 37.6 Å². The second-order valence-corrected chi connectivity index (χ2v) is 6.07. The molecule has 8 heteroatoms. The summed E-state index contributed by atoms with van der Waals surface area (Å²) in [5.74, 6) is 0.305. The van der Waals surface area contributed by atoms with Gasteiger partial charge in [0.1, 0.15) is 11.9 Å². The predicted molar refractivity (Wildman–Crippen MR) is 80.1 cm³/mol. The van der Waals surface area contributed by atoms with Crippen LogP contribution in [0.1, 0.15) is 25.6 Å². The molecule has 3 N–H and O–H groups in total. The zero-order valence-electron chi connectivity index (χ0n) is 11.9. The smallest absolute Gasteiger partial charge is 0.327 e. The van der Waals surface area contributed by atoms with Gasteiger partial charge in [0, 0.05) is 31.1 Å². The molecule has 2 amide bonds. The molecule has 0 bridgehead atoms. The molecule has 1 aliphatic rings. The first-order valence-corrected chi connectivity index (χ1v) is 8.07. The standard InChI is InChI=1S/C13H20N4O3S/c1-2-3-11-17(9(8-21-11)12(18)19)13(20)16-5-4-10-14-6-7-15-10/h6-7,9,11H,2-5,8H2,1H3,(H,14,15)(H,16,20)(H,18,19). The van der Waals surface area contributed by atoms with Crippen LogP contribution in [-0.2, 0) is 11.2 Å². The molecule has 1 aliphatic heterocycles. The first-order chi connectivity index (χ1) is 10.1. The van der Waals surface area contributed by atoms with Gasteiger partial charge in [-0.3, -0.25) is 4.90 Å². The van der Waals surface area contributed by atoms with E-state index < -0.39 is 12.0 Å². The number of aromatic amines is 1. The molecule has 2 atom stereocenters. The van der Waals surface area contributed by atoms with Crippen LogP contribution in [0.2, 0.25) is 0 Å². The number of H-pyrrole nitrogens is 1. The average molecular weight is 312 g/mol. The first-order valence-electron chi connectivity index (χ1n) is 7.02. The number of carbonyl (C=O) groups excluding carboxylic acids is 1. The molecule has 7 nitrogen and oxygen atoms in total. The molecule has 0 spiro atoms. The summed E-state index contributed by atoms with van der Waals surface area (Å²) in [6, 6.07) is -1.05. The van der Waals surface area contributed by atoms with Crippen LogP contribution >= 0.6 is 11.8 Å². The fourth-order valence-corrected chi connectivity index (χ4v) is 3.82. The van der Waals surface area contributed by atoms with E-state index in [1.165, 1.54) is 16.7 Å². The van der Waals surface area contributed by atoms with Gasteiger partial charge in [0.05, 0.1) is 5.37 Å². The highest BCUT2D eigenvalue weighted by Gasteiger charge is 2.41. The number of thioether (sulfide) groups is 1. The third kappa shape index (κ3) is 3.90. The van der Waals surface area contributed by atoms with E-state index in [0.29, 0.717) is 18.7 Å². The van der Waals surface area contributed by atoms with Crippen LogP contribution in [0.4, 0.5) is 4.79 Å². The molecule has 116 valence electrons. The minimum atomic E-state index is -0.942. The summed E-state index contributed by atoms with van der Waals surface area (Å²) in [5.41, 5.74) is 0. The number of carboxylic acids is 1. The van der Waals surface area contributed by atoms with E-state index in [2.05, 4.69) is 15.3 Å². The second-order valence-electron chi connectivity index (χ2n) is 4.86. The molecule has 1 aromatic rings. The molecular formula is C13H20N4O3S. The normalized spacial score (nSPS) is 21.5. The number of hydrogen-bond acceptors (Lipinski definition) is 4. The SMILES string of the molecule is CCCC1SCC(C(=O)O)N1C(=O)NCCc1ncc[nH]1. The van der Waals surface area contributed by atoms with Gasteiger partial charge in [-0.05, 0) is 6.42 Å². The summed E-state index contributed by atoms with van der Waals surface area (Å²) < 4.78 is 0. The number of imidazole rings is 1. The molecule has 21 heavy (non-hydrogen) atoms. The van der Waals surface area contributed by atoms with E-state index >= 15 is 0 Å². The predicted octanol–water partition coefficient (Wildman–Crippen LogP) is 1.29. The van der Waals surface area contributed by atoms with Crippen molar-refractivity contribution in [3.8, 4) is 0 Å². The van der Waals surface area contributed by atoms with Crippen molar-refractivity contribution in [3.63, 3.8) is 0 Å². The number of carbonyl (C=O) groups is 2. The highest BCUT2D eigenvalue weighted by Crippen LogP contribution is 2.32. The Balaban J connectivity index is 1.91. The maximum absolute atomic E-state index is 12.3. The highest BCUT2D eigenvalue weighted by atomic mass is 32.2. The molecule has 0 saturated carbocycles. The second kappa shape index (κ2) is 7.35. The number of rotatable bonds is 6. The lowest BCUT2D eigenvalue weighted by Gasteiger charge is -2.27. The Bertz CT molecular complexity index is 480. The van der Waals surface area contributed by atoms with Crippen LogP contribution in [0.3, 0.4) is 0 Å². The lowest BCUT2D eigenvalue weighted by molar-refractivity contribution is -0.141. The monoisotopic (exact) mass is 312 g/mol. The van der Waals surface area contributed by atoms with Crippen molar-refractivity contribution in [2.75, 3.05) is 12.3 Å². The van der Waals surface area contributed by atoms with Gasteiger partial charge in [-0.25, -0.2) is 14.6 Å². The molecule has 1 aromatic heterocycles. The van der Waals surface area contributed by atoms with Crippen LogP contribution in [0.25, 0.3) is 0 Å². The quantitative estimate of drug-likeness (QED) is 0.735. The molecule has 2 rings (SSSR count). The van der Waals surface area contributed by atoms with Gasteiger partial charge in [0.15, 0.2) is 0 Å². The lowest BCUT2D eigenvalue weighted by Crippen LogP contribution is -2.50. The first kappa shape index (κ1) is 15.7.